The van der Waals surface area contributed by atoms with Crippen molar-refractivity contribution in [2.75, 3.05) is 0 Å². The van der Waals surface area contributed by atoms with Crippen molar-refractivity contribution in [3.05, 3.63) is 0 Å². The van der Waals surface area contributed by atoms with Crippen LogP contribution in [0.25, 0.3) is 0 Å². The second-order valence-corrected chi connectivity index (χ2v) is 4.17. The quantitative estimate of drug-likeness (QED) is 0.566. The molecular formula is C12H22O4. The van der Waals surface area contributed by atoms with Gasteiger partial charge in [0.15, 0.2) is 0 Å². The van der Waals surface area contributed by atoms with Gasteiger partial charge in [-0.2, -0.15) is 0 Å². The Labute approximate surface area is 96.7 Å². The first-order valence-corrected chi connectivity index (χ1v) is 6.02. The first kappa shape index (κ1) is 14.9. The van der Waals surface area contributed by atoms with Crippen molar-refractivity contribution in [1.29, 1.82) is 0 Å². The van der Waals surface area contributed by atoms with Crippen LogP contribution in [0.15, 0.2) is 0 Å². The first-order valence-electron chi connectivity index (χ1n) is 6.02. The molecule has 0 rings (SSSR count). The maximum Gasteiger partial charge on any atom is 0.306 e. The normalized spacial score (nSPS) is 12.3. The number of hydrogen-bond acceptors (Lipinski definition) is 2. The Hall–Kier alpha value is -1.06. The number of rotatable bonds is 10. The van der Waals surface area contributed by atoms with Gasteiger partial charge < -0.3 is 10.2 Å². The first-order chi connectivity index (χ1) is 7.57. The molecule has 1 atom stereocenters. The third-order valence-corrected chi connectivity index (χ3v) is 2.71. The molecule has 4 nitrogen and oxygen atoms in total. The summed E-state index contributed by atoms with van der Waals surface area (Å²) in [5.74, 6) is -2.27. The molecule has 0 aliphatic heterocycles. The lowest BCUT2D eigenvalue weighted by molar-refractivity contribution is -0.143. The van der Waals surface area contributed by atoms with Crippen LogP contribution in [-0.4, -0.2) is 22.2 Å². The lowest BCUT2D eigenvalue weighted by Crippen LogP contribution is -2.15. The van der Waals surface area contributed by atoms with Gasteiger partial charge in [0.25, 0.3) is 0 Å². The molecule has 94 valence electrons. The second kappa shape index (κ2) is 9.19. The molecule has 16 heavy (non-hydrogen) atoms. The summed E-state index contributed by atoms with van der Waals surface area (Å²) in [5.41, 5.74) is 0. The van der Waals surface area contributed by atoms with Crippen LogP contribution in [0.4, 0.5) is 0 Å². The fourth-order valence-corrected chi connectivity index (χ4v) is 1.68. The van der Waals surface area contributed by atoms with Gasteiger partial charge in [-0.05, 0) is 12.8 Å². The van der Waals surface area contributed by atoms with E-state index in [9.17, 15) is 9.59 Å². The monoisotopic (exact) mass is 230 g/mol. The summed E-state index contributed by atoms with van der Waals surface area (Å²) < 4.78 is 0. The van der Waals surface area contributed by atoms with Gasteiger partial charge in [0.2, 0.25) is 0 Å². The number of carboxylic acids is 2. The standard InChI is InChI=1S/C12H22O4/c1-2-3-4-5-6-7-10(12(15)16)8-9-11(13)14/h10H,2-9H2,1H3,(H,13,14)(H,15,16). The highest BCUT2D eigenvalue weighted by molar-refractivity contribution is 5.72. The molecule has 0 bridgehead atoms. The van der Waals surface area contributed by atoms with Gasteiger partial charge >= 0.3 is 11.9 Å². The van der Waals surface area contributed by atoms with Gasteiger partial charge in [-0.15, -0.1) is 0 Å². The number of aliphatic carboxylic acids is 2. The zero-order chi connectivity index (χ0) is 12.4. The predicted octanol–water partition coefficient (Wildman–Crippen LogP) is 2.91. The van der Waals surface area contributed by atoms with Crippen LogP contribution < -0.4 is 0 Å². The van der Waals surface area contributed by atoms with Gasteiger partial charge in [0.1, 0.15) is 0 Å². The molecule has 0 aliphatic carbocycles. The smallest absolute Gasteiger partial charge is 0.306 e. The molecular weight excluding hydrogens is 208 g/mol. The molecule has 0 heterocycles. The number of carbonyl (C=O) groups is 2. The Bertz CT molecular complexity index is 213. The molecule has 4 heteroatoms. The molecule has 2 N–H and O–H groups in total. The molecule has 0 fully saturated rings. The van der Waals surface area contributed by atoms with Crippen molar-refractivity contribution >= 4 is 11.9 Å². The minimum Gasteiger partial charge on any atom is -0.481 e. The lowest BCUT2D eigenvalue weighted by Gasteiger charge is -2.10. The van der Waals surface area contributed by atoms with E-state index in [1.165, 1.54) is 12.8 Å². The molecule has 0 aromatic carbocycles. The molecule has 0 saturated heterocycles. The Kier molecular flexibility index (Phi) is 8.58. The maximum absolute atomic E-state index is 10.8. The number of carboxylic acid groups (broad SMARTS) is 2. The van der Waals surface area contributed by atoms with E-state index in [0.29, 0.717) is 6.42 Å². The molecule has 0 spiro atoms. The van der Waals surface area contributed by atoms with Gasteiger partial charge in [0.05, 0.1) is 5.92 Å². The van der Waals surface area contributed by atoms with Crippen molar-refractivity contribution in [3.8, 4) is 0 Å². The SMILES string of the molecule is CCCCCCCC(CCC(=O)O)C(=O)O. The molecule has 0 amide bonds. The van der Waals surface area contributed by atoms with Gasteiger partial charge in [-0.1, -0.05) is 39.0 Å². The molecule has 0 radical (unpaired) electrons. The summed E-state index contributed by atoms with van der Waals surface area (Å²) in [6, 6.07) is 0. The van der Waals surface area contributed by atoms with E-state index in [0.717, 1.165) is 19.3 Å². The Morgan fingerprint density at radius 1 is 1.00 bits per heavy atom. The average Bonchev–Trinajstić information content (AvgIpc) is 2.21. The van der Waals surface area contributed by atoms with Crippen molar-refractivity contribution in [1.82, 2.24) is 0 Å². The van der Waals surface area contributed by atoms with Crippen LogP contribution in [0.3, 0.4) is 0 Å². The molecule has 0 saturated carbocycles. The minimum absolute atomic E-state index is 0.0497. The van der Waals surface area contributed by atoms with Crippen LogP contribution in [0.1, 0.15) is 58.3 Å². The van der Waals surface area contributed by atoms with E-state index >= 15 is 0 Å². The van der Waals surface area contributed by atoms with Crippen LogP contribution >= 0.6 is 0 Å². The largest absolute Gasteiger partial charge is 0.481 e. The maximum atomic E-state index is 10.8. The zero-order valence-corrected chi connectivity index (χ0v) is 9.95. The summed E-state index contributed by atoms with van der Waals surface area (Å²) >= 11 is 0. The predicted molar refractivity (Wildman–Crippen MR) is 61.4 cm³/mol. The van der Waals surface area contributed by atoms with Crippen LogP contribution in [-0.2, 0) is 9.59 Å². The molecule has 1 unspecified atom stereocenters. The van der Waals surface area contributed by atoms with Gasteiger partial charge in [-0.25, -0.2) is 0 Å². The van der Waals surface area contributed by atoms with Crippen molar-refractivity contribution in [2.45, 2.75) is 58.3 Å². The summed E-state index contributed by atoms with van der Waals surface area (Å²) in [7, 11) is 0. The topological polar surface area (TPSA) is 74.6 Å². The highest BCUT2D eigenvalue weighted by atomic mass is 16.4. The number of unbranched alkanes of at least 4 members (excludes halogenated alkanes) is 4. The third-order valence-electron chi connectivity index (χ3n) is 2.71. The summed E-state index contributed by atoms with van der Waals surface area (Å²) in [4.78, 5) is 21.2. The lowest BCUT2D eigenvalue weighted by atomic mass is 9.96. The fourth-order valence-electron chi connectivity index (χ4n) is 1.68. The summed E-state index contributed by atoms with van der Waals surface area (Å²) in [6.45, 7) is 2.13. The van der Waals surface area contributed by atoms with Crippen LogP contribution in [0.2, 0.25) is 0 Å². The van der Waals surface area contributed by atoms with E-state index in [1.807, 2.05) is 0 Å². The Morgan fingerprint density at radius 3 is 2.12 bits per heavy atom. The Balaban J connectivity index is 3.68. The fraction of sp³-hybridized carbons (Fsp3) is 0.833. The molecule has 0 aliphatic rings. The van der Waals surface area contributed by atoms with Gasteiger partial charge in [0, 0.05) is 6.42 Å². The van der Waals surface area contributed by atoms with Crippen LogP contribution in [0.5, 0.6) is 0 Å². The molecule has 0 aromatic heterocycles. The number of hydrogen-bond donors (Lipinski definition) is 2. The van der Waals surface area contributed by atoms with E-state index < -0.39 is 17.9 Å². The highest BCUT2D eigenvalue weighted by Gasteiger charge is 2.17. The molecule has 0 aromatic rings. The third kappa shape index (κ3) is 8.26. The highest BCUT2D eigenvalue weighted by Crippen LogP contribution is 2.16. The zero-order valence-electron chi connectivity index (χ0n) is 9.95. The van der Waals surface area contributed by atoms with Crippen molar-refractivity contribution in [3.63, 3.8) is 0 Å². The summed E-state index contributed by atoms with van der Waals surface area (Å²) in [5, 5.41) is 17.4. The van der Waals surface area contributed by atoms with E-state index in [4.69, 9.17) is 10.2 Å². The average molecular weight is 230 g/mol. The van der Waals surface area contributed by atoms with E-state index in [-0.39, 0.29) is 12.8 Å². The van der Waals surface area contributed by atoms with Gasteiger partial charge in [-0.3, -0.25) is 9.59 Å². The van der Waals surface area contributed by atoms with Crippen LogP contribution in [0, 0.1) is 5.92 Å². The van der Waals surface area contributed by atoms with E-state index in [2.05, 4.69) is 6.92 Å². The van der Waals surface area contributed by atoms with Crippen molar-refractivity contribution < 1.29 is 19.8 Å². The van der Waals surface area contributed by atoms with Crippen molar-refractivity contribution in [2.24, 2.45) is 5.92 Å². The van der Waals surface area contributed by atoms with E-state index in [1.54, 1.807) is 0 Å². The second-order valence-electron chi connectivity index (χ2n) is 4.17. The Morgan fingerprint density at radius 2 is 1.62 bits per heavy atom. The summed E-state index contributed by atoms with van der Waals surface area (Å²) in [6.07, 6.45) is 6.23. The minimum atomic E-state index is -0.919.